The molecule has 0 spiro atoms. The fourth-order valence-corrected chi connectivity index (χ4v) is 3.01. The highest BCUT2D eigenvalue weighted by Gasteiger charge is 2.19. The van der Waals surface area contributed by atoms with Gasteiger partial charge in [-0.15, -0.1) is 0 Å². The average molecular weight is 391 g/mol. The smallest absolute Gasteiger partial charge is 0.256 e. The maximum absolute atomic E-state index is 12.2. The quantitative estimate of drug-likeness (QED) is 0.803. The molecule has 1 heterocycles. The van der Waals surface area contributed by atoms with E-state index in [0.29, 0.717) is 44.6 Å². The molecule has 0 saturated heterocycles. The molecule has 0 aliphatic rings. The summed E-state index contributed by atoms with van der Waals surface area (Å²) in [4.78, 5) is 12.2. The van der Waals surface area contributed by atoms with Crippen LogP contribution in [-0.4, -0.2) is 12.5 Å². The fraction of sp³-hybridized carbons (Fsp3) is 0.267. The van der Waals surface area contributed by atoms with Crippen LogP contribution in [0.3, 0.4) is 0 Å². The van der Waals surface area contributed by atoms with E-state index in [1.165, 1.54) is 0 Å². The lowest BCUT2D eigenvalue weighted by Crippen LogP contribution is -2.26. The summed E-state index contributed by atoms with van der Waals surface area (Å²) in [5.74, 6) is 1.11. The molecule has 1 amide bonds. The predicted molar refractivity (Wildman–Crippen MR) is 88.4 cm³/mol. The fourth-order valence-electron chi connectivity index (χ4n) is 2.06. The summed E-state index contributed by atoms with van der Waals surface area (Å²) in [7, 11) is 0. The second kappa shape index (κ2) is 6.86. The van der Waals surface area contributed by atoms with Gasteiger partial charge in [0.05, 0.1) is 20.1 Å². The normalized spacial score (nSPS) is 10.7. The third kappa shape index (κ3) is 3.62. The zero-order valence-electron chi connectivity index (χ0n) is 11.6. The first-order valence-electron chi connectivity index (χ1n) is 6.38. The van der Waals surface area contributed by atoms with Crippen molar-refractivity contribution >= 4 is 45.0 Å². The Labute approximate surface area is 141 Å². The number of hydrogen-bond acceptors (Lipinski definition) is 2. The predicted octanol–water partition coefficient (Wildman–Crippen LogP) is 4.94. The summed E-state index contributed by atoms with van der Waals surface area (Å²) in [6, 6.07) is 5.47. The first kappa shape index (κ1) is 16.4. The Balaban J connectivity index is 2.00. The number of benzene rings is 1. The second-order valence-corrected chi connectivity index (χ2v) is 6.20. The molecule has 0 saturated carbocycles. The molecule has 0 aliphatic carbocycles. The number of aryl methyl sites for hydroxylation is 2. The Bertz CT molecular complexity index is 683. The lowest BCUT2D eigenvalue weighted by molar-refractivity contribution is 0.0952. The van der Waals surface area contributed by atoms with Crippen LogP contribution in [0, 0.1) is 13.8 Å². The molecule has 3 nitrogen and oxygen atoms in total. The highest BCUT2D eigenvalue weighted by molar-refractivity contribution is 9.10. The Hall–Kier alpha value is -0.970. The van der Waals surface area contributed by atoms with Crippen LogP contribution in [0.25, 0.3) is 0 Å². The topological polar surface area (TPSA) is 42.2 Å². The van der Waals surface area contributed by atoms with E-state index in [2.05, 4.69) is 21.2 Å². The molecular formula is C15H14BrCl2NO2. The van der Waals surface area contributed by atoms with Gasteiger partial charge in [0.15, 0.2) is 0 Å². The molecule has 0 unspecified atom stereocenters. The standard InChI is InChI=1S/C15H14BrCl2NO2/c1-8-12(13(16)9(2)21-8)15(20)19-7-6-10-4-3-5-11(17)14(10)18/h3-5H,6-7H2,1-2H3,(H,19,20). The third-order valence-electron chi connectivity index (χ3n) is 3.13. The number of carbonyl (C=O) groups is 1. The molecule has 112 valence electrons. The number of halogens is 3. The van der Waals surface area contributed by atoms with Crippen LogP contribution < -0.4 is 5.32 Å². The third-order valence-corrected chi connectivity index (χ3v) is 4.94. The first-order chi connectivity index (χ1) is 9.91. The van der Waals surface area contributed by atoms with Gasteiger partial charge in [-0.2, -0.15) is 0 Å². The van der Waals surface area contributed by atoms with Gasteiger partial charge in [0.1, 0.15) is 11.5 Å². The van der Waals surface area contributed by atoms with Crippen LogP contribution in [0.4, 0.5) is 0 Å². The Morgan fingerprint density at radius 2 is 2.00 bits per heavy atom. The van der Waals surface area contributed by atoms with E-state index in [4.69, 9.17) is 27.6 Å². The monoisotopic (exact) mass is 389 g/mol. The number of carbonyl (C=O) groups excluding carboxylic acids is 1. The van der Waals surface area contributed by atoms with Crippen molar-refractivity contribution in [3.8, 4) is 0 Å². The molecule has 1 N–H and O–H groups in total. The zero-order chi connectivity index (χ0) is 15.6. The van der Waals surface area contributed by atoms with Crippen LogP contribution in [0.15, 0.2) is 27.1 Å². The van der Waals surface area contributed by atoms with Crippen molar-refractivity contribution in [3.05, 3.63) is 55.4 Å². The maximum Gasteiger partial charge on any atom is 0.256 e. The molecule has 0 radical (unpaired) electrons. The van der Waals surface area contributed by atoms with E-state index >= 15 is 0 Å². The minimum atomic E-state index is -0.172. The number of hydrogen-bond donors (Lipinski definition) is 1. The summed E-state index contributed by atoms with van der Waals surface area (Å²) >= 11 is 15.4. The van der Waals surface area contributed by atoms with Crippen LogP contribution >= 0.6 is 39.1 Å². The molecular weight excluding hydrogens is 377 g/mol. The van der Waals surface area contributed by atoms with Gasteiger partial charge in [0, 0.05) is 6.54 Å². The van der Waals surface area contributed by atoms with Crippen molar-refractivity contribution in [2.24, 2.45) is 0 Å². The van der Waals surface area contributed by atoms with Gasteiger partial charge in [-0.25, -0.2) is 0 Å². The van der Waals surface area contributed by atoms with Crippen LogP contribution in [0.5, 0.6) is 0 Å². The van der Waals surface area contributed by atoms with E-state index in [9.17, 15) is 4.79 Å². The number of rotatable bonds is 4. The number of furan rings is 1. The largest absolute Gasteiger partial charge is 0.465 e. The molecule has 0 atom stereocenters. The van der Waals surface area contributed by atoms with Crippen molar-refractivity contribution in [2.45, 2.75) is 20.3 Å². The van der Waals surface area contributed by atoms with Crippen molar-refractivity contribution in [3.63, 3.8) is 0 Å². The minimum absolute atomic E-state index is 0.172. The first-order valence-corrected chi connectivity index (χ1v) is 7.93. The van der Waals surface area contributed by atoms with E-state index in [-0.39, 0.29) is 5.91 Å². The van der Waals surface area contributed by atoms with E-state index in [1.54, 1.807) is 19.9 Å². The molecule has 2 aromatic rings. The Kier molecular flexibility index (Phi) is 5.36. The van der Waals surface area contributed by atoms with Gasteiger partial charge in [-0.05, 0) is 47.8 Å². The van der Waals surface area contributed by atoms with Crippen LogP contribution in [0.2, 0.25) is 10.0 Å². The molecule has 0 fully saturated rings. The second-order valence-electron chi connectivity index (χ2n) is 4.62. The molecule has 21 heavy (non-hydrogen) atoms. The Morgan fingerprint density at radius 1 is 1.29 bits per heavy atom. The average Bonchev–Trinajstić information content (AvgIpc) is 2.68. The van der Waals surface area contributed by atoms with Crippen LogP contribution in [-0.2, 0) is 6.42 Å². The zero-order valence-corrected chi connectivity index (χ0v) is 14.7. The van der Waals surface area contributed by atoms with Gasteiger partial charge in [-0.1, -0.05) is 35.3 Å². The summed E-state index contributed by atoms with van der Waals surface area (Å²) in [5.41, 5.74) is 1.44. The summed E-state index contributed by atoms with van der Waals surface area (Å²) in [6.07, 6.45) is 0.610. The lowest BCUT2D eigenvalue weighted by Gasteiger charge is -2.07. The number of amides is 1. The van der Waals surface area contributed by atoms with Crippen LogP contribution in [0.1, 0.15) is 27.4 Å². The molecule has 0 bridgehead atoms. The van der Waals surface area contributed by atoms with Gasteiger partial charge >= 0.3 is 0 Å². The summed E-state index contributed by atoms with van der Waals surface area (Å²) < 4.78 is 6.11. The lowest BCUT2D eigenvalue weighted by atomic mass is 10.1. The summed E-state index contributed by atoms with van der Waals surface area (Å²) in [6.45, 7) is 4.04. The van der Waals surface area contributed by atoms with Gasteiger partial charge in [0.25, 0.3) is 5.91 Å². The highest BCUT2D eigenvalue weighted by atomic mass is 79.9. The van der Waals surface area contributed by atoms with Gasteiger partial charge < -0.3 is 9.73 Å². The van der Waals surface area contributed by atoms with Crippen molar-refractivity contribution < 1.29 is 9.21 Å². The molecule has 0 aliphatic heterocycles. The molecule has 1 aromatic carbocycles. The highest BCUT2D eigenvalue weighted by Crippen LogP contribution is 2.27. The van der Waals surface area contributed by atoms with E-state index < -0.39 is 0 Å². The van der Waals surface area contributed by atoms with Gasteiger partial charge in [-0.3, -0.25) is 4.79 Å². The van der Waals surface area contributed by atoms with Crippen molar-refractivity contribution in [2.75, 3.05) is 6.54 Å². The maximum atomic E-state index is 12.2. The Morgan fingerprint density at radius 3 is 2.62 bits per heavy atom. The van der Waals surface area contributed by atoms with E-state index in [0.717, 1.165) is 5.56 Å². The number of nitrogens with one attached hydrogen (secondary N) is 1. The molecule has 2 rings (SSSR count). The van der Waals surface area contributed by atoms with Crippen molar-refractivity contribution in [1.82, 2.24) is 5.32 Å². The van der Waals surface area contributed by atoms with E-state index in [1.807, 2.05) is 12.1 Å². The summed E-state index contributed by atoms with van der Waals surface area (Å²) in [5, 5.41) is 3.91. The van der Waals surface area contributed by atoms with Gasteiger partial charge in [0.2, 0.25) is 0 Å². The van der Waals surface area contributed by atoms with Crippen molar-refractivity contribution in [1.29, 1.82) is 0 Å². The molecule has 6 heteroatoms. The SMILES string of the molecule is Cc1oc(C)c(C(=O)NCCc2cccc(Cl)c2Cl)c1Br. The molecule has 1 aromatic heterocycles. The minimum Gasteiger partial charge on any atom is -0.465 e.